The number of nitrogens with zero attached hydrogens (tertiary/aromatic N) is 4. The average molecular weight is 479 g/mol. The third kappa shape index (κ3) is 5.98. The number of hydrogen-bond donors (Lipinski definition) is 2. The summed E-state index contributed by atoms with van der Waals surface area (Å²) in [6, 6.07) is 8.82. The number of rotatable bonds is 8. The van der Waals surface area contributed by atoms with Crippen LogP contribution in [0.3, 0.4) is 0 Å². The van der Waals surface area contributed by atoms with Crippen LogP contribution in [0.15, 0.2) is 42.9 Å². The molecule has 3 aromatic rings. The molecule has 9 heteroatoms. The number of aromatic nitrogens is 3. The quantitative estimate of drug-likeness (QED) is 0.481. The Hall–Kier alpha value is -3.01. The molecule has 9 nitrogen and oxygen atoms in total. The van der Waals surface area contributed by atoms with Crippen molar-refractivity contribution in [2.45, 2.75) is 44.9 Å². The average Bonchev–Trinajstić information content (AvgIpc) is 3.28. The molecule has 2 N–H and O–H groups in total. The van der Waals surface area contributed by atoms with Gasteiger partial charge in [-0.1, -0.05) is 6.07 Å². The largest absolute Gasteiger partial charge is 0.351 e. The van der Waals surface area contributed by atoms with Crippen molar-refractivity contribution in [2.24, 2.45) is 13.0 Å². The second-order valence-corrected chi connectivity index (χ2v) is 9.50. The van der Waals surface area contributed by atoms with Crippen LogP contribution >= 0.6 is 0 Å². The Morgan fingerprint density at radius 3 is 2.74 bits per heavy atom. The molecule has 2 aromatic heterocycles. The fourth-order valence-electron chi connectivity index (χ4n) is 4.78. The summed E-state index contributed by atoms with van der Waals surface area (Å²) < 4.78 is 7.60. The van der Waals surface area contributed by atoms with E-state index in [1.165, 1.54) is 16.5 Å². The molecule has 1 aromatic carbocycles. The van der Waals surface area contributed by atoms with Crippen molar-refractivity contribution in [3.63, 3.8) is 0 Å². The summed E-state index contributed by atoms with van der Waals surface area (Å²) in [6.07, 6.45) is 9.86. The van der Waals surface area contributed by atoms with Gasteiger partial charge in [0.05, 0.1) is 5.56 Å². The van der Waals surface area contributed by atoms with Crippen molar-refractivity contribution >= 4 is 22.8 Å². The van der Waals surface area contributed by atoms with Crippen LogP contribution in [0.2, 0.25) is 0 Å². The van der Waals surface area contributed by atoms with E-state index >= 15 is 0 Å². The van der Waals surface area contributed by atoms with Crippen LogP contribution in [-0.4, -0.2) is 53.0 Å². The summed E-state index contributed by atoms with van der Waals surface area (Å²) in [4.78, 5) is 28.7. The summed E-state index contributed by atoms with van der Waals surface area (Å²) in [5.74, 6) is 0.943. The normalized spacial score (nSPS) is 19.2. The van der Waals surface area contributed by atoms with Crippen molar-refractivity contribution in [2.75, 3.05) is 31.1 Å². The van der Waals surface area contributed by atoms with E-state index in [1.54, 1.807) is 12.4 Å². The first kappa shape index (κ1) is 23.7. The van der Waals surface area contributed by atoms with E-state index < -0.39 is 0 Å². The van der Waals surface area contributed by atoms with Gasteiger partial charge in [-0.25, -0.2) is 20.3 Å². The molecule has 2 fully saturated rings. The molecule has 0 bridgehead atoms. The van der Waals surface area contributed by atoms with Crippen molar-refractivity contribution in [1.82, 2.24) is 25.3 Å². The first-order valence-corrected chi connectivity index (χ1v) is 12.5. The zero-order chi connectivity index (χ0) is 24.0. The predicted octanol–water partition coefficient (Wildman–Crippen LogP) is 3.16. The highest BCUT2D eigenvalue weighted by molar-refractivity contribution is 5.92. The number of anilines is 1. The summed E-state index contributed by atoms with van der Waals surface area (Å²) in [5.41, 5.74) is 5.40. The molecule has 35 heavy (non-hydrogen) atoms. The smallest absolute Gasteiger partial charge is 0.278 e. The minimum atomic E-state index is -0.378. The van der Waals surface area contributed by atoms with Gasteiger partial charge in [0, 0.05) is 63.8 Å². The molecule has 1 amide bonds. The van der Waals surface area contributed by atoms with Crippen molar-refractivity contribution in [3.8, 4) is 0 Å². The maximum absolute atomic E-state index is 12.3. The van der Waals surface area contributed by atoms with Crippen LogP contribution in [0.25, 0.3) is 10.9 Å². The molecule has 0 saturated carbocycles. The van der Waals surface area contributed by atoms with Gasteiger partial charge in [0.2, 0.25) is 5.95 Å². The zero-order valence-corrected chi connectivity index (χ0v) is 20.3. The molecule has 2 aliphatic rings. The summed E-state index contributed by atoms with van der Waals surface area (Å²) in [6.45, 7) is 4.38. The van der Waals surface area contributed by atoms with E-state index in [2.05, 4.69) is 67.7 Å². The van der Waals surface area contributed by atoms with E-state index in [4.69, 9.17) is 9.57 Å². The number of amides is 1. The fraction of sp³-hybridized carbons (Fsp3) is 0.500. The second kappa shape index (κ2) is 11.2. The van der Waals surface area contributed by atoms with Gasteiger partial charge in [0.1, 0.15) is 0 Å². The van der Waals surface area contributed by atoms with Gasteiger partial charge in [-0.05, 0) is 67.3 Å². The minimum Gasteiger partial charge on any atom is -0.351 e. The number of carbonyl (C=O) groups is 1. The first-order valence-electron chi connectivity index (χ1n) is 12.5. The lowest BCUT2D eigenvalue weighted by atomic mass is 9.97. The van der Waals surface area contributed by atoms with E-state index in [9.17, 15) is 4.79 Å². The number of hydroxylamine groups is 1. The number of benzene rings is 1. The molecule has 0 radical (unpaired) electrons. The number of carbonyl (C=O) groups excluding carboxylic acids is 1. The molecule has 0 aliphatic carbocycles. The zero-order valence-electron chi connectivity index (χ0n) is 20.3. The fourth-order valence-corrected chi connectivity index (χ4v) is 4.78. The van der Waals surface area contributed by atoms with Crippen LogP contribution in [-0.2, 0) is 23.2 Å². The summed E-state index contributed by atoms with van der Waals surface area (Å²) >= 11 is 0. The molecule has 0 spiro atoms. The van der Waals surface area contributed by atoms with Crippen LogP contribution in [0.4, 0.5) is 5.95 Å². The Morgan fingerprint density at radius 1 is 1.14 bits per heavy atom. The van der Waals surface area contributed by atoms with Gasteiger partial charge in [0.25, 0.3) is 5.91 Å². The molecular weight excluding hydrogens is 444 g/mol. The van der Waals surface area contributed by atoms with Crippen LogP contribution < -0.4 is 15.7 Å². The van der Waals surface area contributed by atoms with E-state index in [0.29, 0.717) is 24.0 Å². The Labute approximate surface area is 205 Å². The van der Waals surface area contributed by atoms with E-state index in [-0.39, 0.29) is 12.2 Å². The van der Waals surface area contributed by atoms with Crippen LogP contribution in [0.5, 0.6) is 0 Å². The summed E-state index contributed by atoms with van der Waals surface area (Å²) in [7, 11) is 2.08. The molecule has 2 saturated heterocycles. The maximum Gasteiger partial charge on any atom is 0.278 e. The van der Waals surface area contributed by atoms with E-state index in [0.717, 1.165) is 58.3 Å². The molecule has 1 unspecified atom stereocenters. The highest BCUT2D eigenvalue weighted by Gasteiger charge is 2.21. The van der Waals surface area contributed by atoms with Gasteiger partial charge in [-0.15, -0.1) is 0 Å². The van der Waals surface area contributed by atoms with Gasteiger partial charge >= 0.3 is 0 Å². The standard InChI is InChI=1S/C26H34N6O3/c1-31-10-9-21-14-20(5-6-23(21)31)16-27-15-19-7-11-32(12-8-19)26-28-17-22(18-29-26)25(33)30-35-24-4-2-3-13-34-24/h5-6,9-10,14,17-19,24,27H,2-4,7-8,11-13,15-16H2,1H3,(H,30,33). The molecule has 186 valence electrons. The first-order chi connectivity index (χ1) is 17.2. The van der Waals surface area contributed by atoms with Crippen LogP contribution in [0, 0.1) is 5.92 Å². The summed E-state index contributed by atoms with van der Waals surface area (Å²) in [5, 5.41) is 4.92. The number of hydrogen-bond acceptors (Lipinski definition) is 7. The highest BCUT2D eigenvalue weighted by atomic mass is 16.8. The van der Waals surface area contributed by atoms with Crippen molar-refractivity contribution in [3.05, 3.63) is 54.0 Å². The molecular formula is C26H34N6O3. The van der Waals surface area contributed by atoms with Gasteiger partial charge in [-0.3, -0.25) is 4.79 Å². The Kier molecular flexibility index (Phi) is 7.56. The van der Waals surface area contributed by atoms with Gasteiger partial charge in [0.15, 0.2) is 6.29 Å². The maximum atomic E-state index is 12.3. The third-order valence-electron chi connectivity index (χ3n) is 6.93. The molecule has 4 heterocycles. The Morgan fingerprint density at radius 2 is 1.97 bits per heavy atom. The monoisotopic (exact) mass is 478 g/mol. The highest BCUT2D eigenvalue weighted by Crippen LogP contribution is 2.21. The van der Waals surface area contributed by atoms with E-state index in [1.807, 2.05) is 0 Å². The number of ether oxygens (including phenoxy) is 1. The van der Waals surface area contributed by atoms with Gasteiger partial charge in [-0.2, -0.15) is 0 Å². The number of fused-ring (bicyclic) bond motifs is 1. The van der Waals surface area contributed by atoms with Gasteiger partial charge < -0.3 is 19.5 Å². The predicted molar refractivity (Wildman–Crippen MR) is 134 cm³/mol. The minimum absolute atomic E-state index is 0.359. The lowest BCUT2D eigenvalue weighted by molar-refractivity contribution is -0.186. The lowest BCUT2D eigenvalue weighted by Gasteiger charge is -2.32. The van der Waals surface area contributed by atoms with Crippen molar-refractivity contribution in [1.29, 1.82) is 0 Å². The second-order valence-electron chi connectivity index (χ2n) is 9.50. The number of aryl methyl sites for hydroxylation is 1. The number of nitrogens with one attached hydrogen (secondary N) is 2. The van der Waals surface area contributed by atoms with Crippen molar-refractivity contribution < 1.29 is 14.4 Å². The molecule has 1 atom stereocenters. The molecule has 5 rings (SSSR count). The topological polar surface area (TPSA) is 93.5 Å². The van der Waals surface area contributed by atoms with Crippen LogP contribution in [0.1, 0.15) is 48.0 Å². The Bertz CT molecular complexity index is 1120. The SMILES string of the molecule is Cn1ccc2cc(CNCC3CCN(c4ncc(C(=O)NOC5CCCCO5)cn4)CC3)ccc21. The molecule has 2 aliphatic heterocycles. The number of piperidine rings is 1. The Balaban J connectivity index is 1.03. The third-order valence-corrected chi connectivity index (χ3v) is 6.93. The lowest BCUT2D eigenvalue weighted by Crippen LogP contribution is -2.38.